The molecular formula is C53H33N5. The quantitative estimate of drug-likeness (QED) is 0.165. The van der Waals surface area contributed by atoms with Crippen molar-refractivity contribution >= 4 is 60.2 Å². The van der Waals surface area contributed by atoms with E-state index in [4.69, 9.17) is 15.0 Å². The molecule has 0 amide bonds. The number of benzene rings is 8. The third-order valence-corrected chi connectivity index (χ3v) is 11.5. The van der Waals surface area contributed by atoms with Crippen molar-refractivity contribution in [1.82, 2.24) is 23.9 Å². The first kappa shape index (κ1) is 32.4. The molecule has 0 unspecified atom stereocenters. The Bertz CT molecular complexity index is 3430. The lowest BCUT2D eigenvalue weighted by Crippen LogP contribution is -2.02. The summed E-state index contributed by atoms with van der Waals surface area (Å²) in [7, 11) is 0. The Labute approximate surface area is 333 Å². The molecule has 4 heterocycles. The van der Waals surface area contributed by atoms with Crippen LogP contribution in [0.5, 0.6) is 0 Å². The van der Waals surface area contributed by atoms with Crippen molar-refractivity contribution in [3.8, 4) is 50.7 Å². The second kappa shape index (κ2) is 12.8. The number of para-hydroxylation sites is 3. The summed E-state index contributed by atoms with van der Waals surface area (Å²) in [6.45, 7) is 0. The fourth-order valence-corrected chi connectivity index (χ4v) is 8.83. The molecule has 0 saturated carbocycles. The molecule has 58 heavy (non-hydrogen) atoms. The Morgan fingerprint density at radius 3 is 1.55 bits per heavy atom. The molecule has 0 bridgehead atoms. The maximum atomic E-state index is 5.40. The predicted octanol–water partition coefficient (Wildman–Crippen LogP) is 13.3. The van der Waals surface area contributed by atoms with Crippen molar-refractivity contribution in [2.24, 2.45) is 0 Å². The molecule has 4 aromatic heterocycles. The standard InChI is InChI=1S/C53H33N5/c1-3-13-34(14-4-1)36-23-27-38(28-24-36)44-33-49(56-52(54-44)39-29-25-37(26-30-39)35-15-5-2-6-16-35)57-45-21-11-9-19-42(45)51-47(57)31-32-48-50(51)40-17-7-8-18-41(40)53-55-43-20-10-12-22-46(43)58(48)53/h1-33H. The number of fused-ring (bicyclic) bond motifs is 12. The molecule has 0 N–H and O–H groups in total. The predicted molar refractivity (Wildman–Crippen MR) is 239 cm³/mol. The summed E-state index contributed by atoms with van der Waals surface area (Å²) in [5.41, 5.74) is 13.8. The van der Waals surface area contributed by atoms with Gasteiger partial charge in [-0.1, -0.05) is 164 Å². The van der Waals surface area contributed by atoms with Crippen LogP contribution in [0.3, 0.4) is 0 Å². The zero-order chi connectivity index (χ0) is 38.2. The summed E-state index contributed by atoms with van der Waals surface area (Å²) >= 11 is 0. The van der Waals surface area contributed by atoms with Gasteiger partial charge in [0, 0.05) is 38.7 Å². The lowest BCUT2D eigenvalue weighted by molar-refractivity contribution is 1.05. The lowest BCUT2D eigenvalue weighted by atomic mass is 10.0. The first-order chi connectivity index (χ1) is 28.8. The van der Waals surface area contributed by atoms with E-state index in [1.807, 2.05) is 12.1 Å². The summed E-state index contributed by atoms with van der Waals surface area (Å²) in [5.74, 6) is 1.48. The number of hydrogen-bond acceptors (Lipinski definition) is 3. The van der Waals surface area contributed by atoms with Gasteiger partial charge in [-0.2, -0.15) is 0 Å². The van der Waals surface area contributed by atoms with Gasteiger partial charge in [-0.3, -0.25) is 8.97 Å². The van der Waals surface area contributed by atoms with Gasteiger partial charge in [0.2, 0.25) is 0 Å². The van der Waals surface area contributed by atoms with Gasteiger partial charge in [0.1, 0.15) is 11.5 Å². The SMILES string of the molecule is c1ccc(-c2ccc(-c3cc(-n4c5ccccc5c5c6c7ccccc7c7nc8ccccc8n7c6ccc54)nc(-c4ccc(-c5ccccc5)cc4)n3)cc2)cc1. The first-order valence-electron chi connectivity index (χ1n) is 19.6. The van der Waals surface area contributed by atoms with E-state index in [1.165, 1.54) is 27.3 Å². The van der Waals surface area contributed by atoms with Gasteiger partial charge in [0.25, 0.3) is 0 Å². The maximum absolute atomic E-state index is 5.40. The van der Waals surface area contributed by atoms with Crippen molar-refractivity contribution in [2.75, 3.05) is 0 Å². The van der Waals surface area contributed by atoms with Crippen LogP contribution in [0.1, 0.15) is 0 Å². The number of aromatic nitrogens is 5. The highest BCUT2D eigenvalue weighted by atomic mass is 15.1. The number of hydrogen-bond donors (Lipinski definition) is 0. The van der Waals surface area contributed by atoms with Crippen LogP contribution in [-0.2, 0) is 0 Å². The van der Waals surface area contributed by atoms with Gasteiger partial charge in [0.05, 0.1) is 33.3 Å². The normalized spacial score (nSPS) is 11.8. The lowest BCUT2D eigenvalue weighted by Gasteiger charge is -2.14. The number of rotatable bonds is 5. The van der Waals surface area contributed by atoms with Gasteiger partial charge in [-0.15, -0.1) is 0 Å². The van der Waals surface area contributed by atoms with E-state index >= 15 is 0 Å². The fourth-order valence-electron chi connectivity index (χ4n) is 8.83. The minimum absolute atomic E-state index is 0.669. The minimum atomic E-state index is 0.669. The Kier molecular flexibility index (Phi) is 7.16. The summed E-state index contributed by atoms with van der Waals surface area (Å²) in [6, 6.07) is 70.7. The van der Waals surface area contributed by atoms with Gasteiger partial charge < -0.3 is 0 Å². The molecular weight excluding hydrogens is 707 g/mol. The molecule has 12 aromatic rings. The molecule has 8 aromatic carbocycles. The average molecular weight is 740 g/mol. The highest BCUT2D eigenvalue weighted by Gasteiger charge is 2.22. The smallest absolute Gasteiger partial charge is 0.162 e. The largest absolute Gasteiger partial charge is 0.294 e. The number of imidazole rings is 1. The molecule has 12 rings (SSSR count). The van der Waals surface area contributed by atoms with Gasteiger partial charge in [-0.25, -0.2) is 15.0 Å². The molecule has 0 saturated heterocycles. The molecule has 5 heteroatoms. The average Bonchev–Trinajstić information content (AvgIpc) is 3.86. The Morgan fingerprint density at radius 2 is 0.845 bits per heavy atom. The van der Waals surface area contributed by atoms with Crippen LogP contribution >= 0.6 is 0 Å². The second-order valence-electron chi connectivity index (χ2n) is 14.8. The van der Waals surface area contributed by atoms with E-state index in [9.17, 15) is 0 Å². The Morgan fingerprint density at radius 1 is 0.328 bits per heavy atom. The minimum Gasteiger partial charge on any atom is -0.294 e. The third-order valence-electron chi connectivity index (χ3n) is 11.5. The van der Waals surface area contributed by atoms with Crippen LogP contribution in [-0.4, -0.2) is 23.9 Å². The van der Waals surface area contributed by atoms with Crippen molar-refractivity contribution in [3.05, 3.63) is 200 Å². The molecule has 5 nitrogen and oxygen atoms in total. The van der Waals surface area contributed by atoms with Crippen LogP contribution < -0.4 is 0 Å². The Hall–Kier alpha value is -7.89. The van der Waals surface area contributed by atoms with E-state index in [-0.39, 0.29) is 0 Å². The zero-order valence-electron chi connectivity index (χ0n) is 31.3. The monoisotopic (exact) mass is 739 g/mol. The van der Waals surface area contributed by atoms with Crippen molar-refractivity contribution in [1.29, 1.82) is 0 Å². The topological polar surface area (TPSA) is 48.0 Å². The molecule has 270 valence electrons. The van der Waals surface area contributed by atoms with Gasteiger partial charge in [-0.05, 0) is 58.0 Å². The highest BCUT2D eigenvalue weighted by Crippen LogP contribution is 2.42. The zero-order valence-corrected chi connectivity index (χ0v) is 31.3. The van der Waals surface area contributed by atoms with Crippen LogP contribution in [0.15, 0.2) is 200 Å². The molecule has 0 spiro atoms. The van der Waals surface area contributed by atoms with E-state index in [1.54, 1.807) is 0 Å². The molecule has 0 aliphatic carbocycles. The van der Waals surface area contributed by atoms with Crippen LogP contribution in [0.25, 0.3) is 111 Å². The third kappa shape index (κ3) is 5.00. The summed E-state index contributed by atoms with van der Waals surface area (Å²) in [4.78, 5) is 15.8. The van der Waals surface area contributed by atoms with Gasteiger partial charge >= 0.3 is 0 Å². The van der Waals surface area contributed by atoms with E-state index < -0.39 is 0 Å². The van der Waals surface area contributed by atoms with Gasteiger partial charge in [0.15, 0.2) is 5.82 Å². The van der Waals surface area contributed by atoms with Crippen LogP contribution in [0.2, 0.25) is 0 Å². The van der Waals surface area contributed by atoms with Crippen LogP contribution in [0.4, 0.5) is 0 Å². The first-order valence-corrected chi connectivity index (χ1v) is 19.6. The highest BCUT2D eigenvalue weighted by molar-refractivity contribution is 6.29. The molecule has 0 aliphatic rings. The molecule has 0 fully saturated rings. The molecule has 0 aliphatic heterocycles. The number of pyridine rings is 1. The summed E-state index contributed by atoms with van der Waals surface area (Å²) < 4.78 is 4.65. The maximum Gasteiger partial charge on any atom is 0.162 e. The molecule has 0 atom stereocenters. The second-order valence-corrected chi connectivity index (χ2v) is 14.8. The van der Waals surface area contributed by atoms with Crippen molar-refractivity contribution in [3.63, 3.8) is 0 Å². The van der Waals surface area contributed by atoms with E-state index in [0.29, 0.717) is 5.82 Å². The molecule has 0 radical (unpaired) electrons. The summed E-state index contributed by atoms with van der Waals surface area (Å²) in [5, 5.41) is 5.85. The fraction of sp³-hybridized carbons (Fsp3) is 0. The Balaban J connectivity index is 1.13. The van der Waals surface area contributed by atoms with Crippen molar-refractivity contribution in [2.45, 2.75) is 0 Å². The van der Waals surface area contributed by atoms with E-state index in [0.717, 1.165) is 77.8 Å². The number of nitrogens with zero attached hydrogens (tertiary/aromatic N) is 5. The summed E-state index contributed by atoms with van der Waals surface area (Å²) in [6.07, 6.45) is 0. The van der Waals surface area contributed by atoms with Crippen LogP contribution in [0, 0.1) is 0 Å². The van der Waals surface area contributed by atoms with Crippen molar-refractivity contribution < 1.29 is 0 Å². The van der Waals surface area contributed by atoms with E-state index in [2.05, 4.69) is 197 Å².